The number of halogens is 2. The van der Waals surface area contributed by atoms with Crippen molar-refractivity contribution >= 4 is 23.2 Å². The van der Waals surface area contributed by atoms with Gasteiger partial charge >= 0.3 is 0 Å². The summed E-state index contributed by atoms with van der Waals surface area (Å²) in [6, 6.07) is 6.03. The Morgan fingerprint density at radius 2 is 1.90 bits per heavy atom. The zero-order valence-corrected chi connectivity index (χ0v) is 13.3. The Morgan fingerprint density at radius 3 is 2.65 bits per heavy atom. The Morgan fingerprint density at radius 1 is 1.10 bits per heavy atom. The molecule has 110 valence electrons. The molecule has 0 bridgehead atoms. The fourth-order valence-corrected chi connectivity index (χ4v) is 4.01. The second kappa shape index (κ2) is 6.23. The highest BCUT2D eigenvalue weighted by atomic mass is 35.5. The lowest BCUT2D eigenvalue weighted by molar-refractivity contribution is 0.0209. The van der Waals surface area contributed by atoms with Crippen LogP contribution in [-0.2, 0) is 6.54 Å². The summed E-state index contributed by atoms with van der Waals surface area (Å²) in [6.45, 7) is 4.33. The van der Waals surface area contributed by atoms with E-state index in [2.05, 4.69) is 16.3 Å². The van der Waals surface area contributed by atoms with Crippen LogP contribution in [-0.4, -0.2) is 30.1 Å². The van der Waals surface area contributed by atoms with Gasteiger partial charge in [-0.15, -0.1) is 0 Å². The van der Waals surface area contributed by atoms with Crippen molar-refractivity contribution in [3.05, 3.63) is 33.8 Å². The molecule has 2 fully saturated rings. The van der Waals surface area contributed by atoms with Crippen molar-refractivity contribution in [1.82, 2.24) is 10.2 Å². The summed E-state index contributed by atoms with van der Waals surface area (Å²) >= 11 is 12.2. The number of hydrogen-bond acceptors (Lipinski definition) is 2. The predicted molar refractivity (Wildman–Crippen MR) is 85.6 cm³/mol. The minimum absolute atomic E-state index is 0.364. The fourth-order valence-electron chi connectivity index (χ4n) is 3.69. The van der Waals surface area contributed by atoms with Gasteiger partial charge in [0.1, 0.15) is 0 Å². The Bertz CT molecular complexity index is 461. The predicted octanol–water partition coefficient (Wildman–Crippen LogP) is 4.10. The zero-order chi connectivity index (χ0) is 14.0. The van der Waals surface area contributed by atoms with Crippen LogP contribution >= 0.6 is 23.2 Å². The lowest BCUT2D eigenvalue weighted by atomic mass is 9.79. The van der Waals surface area contributed by atoms with Gasteiger partial charge in [0, 0.05) is 31.7 Å². The maximum atomic E-state index is 6.15. The molecule has 3 rings (SSSR count). The molecule has 1 spiro atoms. The molecule has 2 nitrogen and oxygen atoms in total. The summed E-state index contributed by atoms with van der Waals surface area (Å²) in [5.74, 6) is 0. The number of hydrogen-bond donors (Lipinski definition) is 1. The van der Waals surface area contributed by atoms with Gasteiger partial charge in [-0.1, -0.05) is 48.5 Å². The minimum Gasteiger partial charge on any atom is -0.314 e. The molecular formula is C16H22Cl2N2. The number of rotatable bonds is 2. The summed E-state index contributed by atoms with van der Waals surface area (Å²) in [4.78, 5) is 2.67. The van der Waals surface area contributed by atoms with E-state index in [4.69, 9.17) is 23.2 Å². The van der Waals surface area contributed by atoms with Crippen molar-refractivity contribution in [2.75, 3.05) is 19.6 Å². The maximum absolute atomic E-state index is 6.15. The van der Waals surface area contributed by atoms with E-state index in [-0.39, 0.29) is 0 Å². The van der Waals surface area contributed by atoms with Gasteiger partial charge in [0.2, 0.25) is 0 Å². The first-order chi connectivity index (χ1) is 9.70. The summed E-state index contributed by atoms with van der Waals surface area (Å²) in [6.07, 6.45) is 6.75. The quantitative estimate of drug-likeness (QED) is 0.884. The van der Waals surface area contributed by atoms with Crippen LogP contribution in [0.5, 0.6) is 0 Å². The van der Waals surface area contributed by atoms with Crippen molar-refractivity contribution in [3.63, 3.8) is 0 Å². The van der Waals surface area contributed by atoms with Gasteiger partial charge in [-0.05, 0) is 30.5 Å². The normalized spacial score (nSPS) is 23.1. The van der Waals surface area contributed by atoms with Crippen LogP contribution in [0.1, 0.15) is 37.7 Å². The fraction of sp³-hybridized carbons (Fsp3) is 0.625. The smallest absolute Gasteiger partial charge is 0.0595 e. The molecule has 0 amide bonds. The molecule has 0 atom stereocenters. The second-order valence-electron chi connectivity index (χ2n) is 6.13. The largest absolute Gasteiger partial charge is 0.314 e. The number of piperazine rings is 1. The first-order valence-electron chi connectivity index (χ1n) is 7.59. The topological polar surface area (TPSA) is 15.3 Å². The van der Waals surface area contributed by atoms with Gasteiger partial charge in [-0.3, -0.25) is 4.90 Å². The molecule has 0 radical (unpaired) electrons. The highest BCUT2D eigenvalue weighted by Crippen LogP contribution is 2.36. The van der Waals surface area contributed by atoms with E-state index in [0.717, 1.165) is 26.2 Å². The zero-order valence-electron chi connectivity index (χ0n) is 11.8. The number of nitrogens with zero attached hydrogens (tertiary/aromatic N) is 1. The SMILES string of the molecule is Clc1ccc(CN2CCNCC23CCCCC3)cc1Cl. The van der Waals surface area contributed by atoms with Crippen molar-refractivity contribution in [2.45, 2.75) is 44.2 Å². The molecule has 1 aliphatic heterocycles. The Hall–Kier alpha value is -0.280. The third-order valence-electron chi connectivity index (χ3n) is 4.83. The van der Waals surface area contributed by atoms with Gasteiger partial charge in [0.05, 0.1) is 10.0 Å². The van der Waals surface area contributed by atoms with Crippen LogP contribution in [0.15, 0.2) is 18.2 Å². The molecule has 0 unspecified atom stereocenters. The molecule has 1 saturated heterocycles. The molecule has 4 heteroatoms. The van der Waals surface area contributed by atoms with Crippen molar-refractivity contribution in [2.24, 2.45) is 0 Å². The second-order valence-corrected chi connectivity index (χ2v) is 6.95. The van der Waals surface area contributed by atoms with Crippen LogP contribution in [0.4, 0.5) is 0 Å². The van der Waals surface area contributed by atoms with Gasteiger partial charge in [-0.2, -0.15) is 0 Å². The molecule has 20 heavy (non-hydrogen) atoms. The van der Waals surface area contributed by atoms with E-state index >= 15 is 0 Å². The molecule has 1 aliphatic carbocycles. The first kappa shape index (κ1) is 14.6. The lowest BCUT2D eigenvalue weighted by Crippen LogP contribution is -2.61. The Balaban J connectivity index is 1.77. The summed E-state index contributed by atoms with van der Waals surface area (Å²) in [5.41, 5.74) is 1.63. The summed E-state index contributed by atoms with van der Waals surface area (Å²) < 4.78 is 0. The highest BCUT2D eigenvalue weighted by molar-refractivity contribution is 6.42. The monoisotopic (exact) mass is 312 g/mol. The molecule has 1 aromatic rings. The van der Waals surface area contributed by atoms with Crippen LogP contribution in [0.2, 0.25) is 10.0 Å². The molecule has 0 aromatic heterocycles. The Kier molecular flexibility index (Phi) is 4.56. The number of benzene rings is 1. The summed E-state index contributed by atoms with van der Waals surface area (Å²) in [5, 5.41) is 4.90. The molecular weight excluding hydrogens is 291 g/mol. The molecule has 1 heterocycles. The van der Waals surface area contributed by atoms with E-state index in [0.29, 0.717) is 15.6 Å². The standard InChI is InChI=1S/C16H22Cl2N2/c17-14-5-4-13(10-15(14)18)11-20-9-8-19-12-16(20)6-2-1-3-7-16/h4-5,10,19H,1-3,6-9,11-12H2. The van der Waals surface area contributed by atoms with Crippen molar-refractivity contribution in [1.29, 1.82) is 0 Å². The lowest BCUT2D eigenvalue weighted by Gasteiger charge is -2.50. The van der Waals surface area contributed by atoms with Gasteiger partial charge in [0.15, 0.2) is 0 Å². The van der Waals surface area contributed by atoms with E-state index in [1.165, 1.54) is 37.7 Å². The maximum Gasteiger partial charge on any atom is 0.0595 e. The first-order valence-corrected chi connectivity index (χ1v) is 8.35. The summed E-state index contributed by atoms with van der Waals surface area (Å²) in [7, 11) is 0. The van der Waals surface area contributed by atoms with Crippen LogP contribution < -0.4 is 5.32 Å². The van der Waals surface area contributed by atoms with E-state index in [1.807, 2.05) is 12.1 Å². The molecule has 1 aromatic carbocycles. The third-order valence-corrected chi connectivity index (χ3v) is 5.56. The Labute approximate surface area is 131 Å². The van der Waals surface area contributed by atoms with E-state index in [9.17, 15) is 0 Å². The molecule has 2 aliphatic rings. The third kappa shape index (κ3) is 2.99. The number of nitrogens with one attached hydrogen (secondary N) is 1. The van der Waals surface area contributed by atoms with Crippen LogP contribution in [0.25, 0.3) is 0 Å². The van der Waals surface area contributed by atoms with Crippen molar-refractivity contribution in [3.8, 4) is 0 Å². The molecule has 1 N–H and O–H groups in total. The van der Waals surface area contributed by atoms with Crippen LogP contribution in [0.3, 0.4) is 0 Å². The molecule has 1 saturated carbocycles. The van der Waals surface area contributed by atoms with Crippen molar-refractivity contribution < 1.29 is 0 Å². The average molecular weight is 313 g/mol. The minimum atomic E-state index is 0.364. The van der Waals surface area contributed by atoms with Gasteiger partial charge in [-0.25, -0.2) is 0 Å². The van der Waals surface area contributed by atoms with Gasteiger partial charge < -0.3 is 5.32 Å². The van der Waals surface area contributed by atoms with E-state index in [1.54, 1.807) is 0 Å². The average Bonchev–Trinajstić information content (AvgIpc) is 2.47. The van der Waals surface area contributed by atoms with Gasteiger partial charge in [0.25, 0.3) is 0 Å². The highest BCUT2D eigenvalue weighted by Gasteiger charge is 2.39. The van der Waals surface area contributed by atoms with E-state index < -0.39 is 0 Å². The van der Waals surface area contributed by atoms with Crippen LogP contribution in [0, 0.1) is 0 Å².